The molecule has 0 spiro atoms. The normalized spacial score (nSPS) is 17.3. The highest BCUT2D eigenvalue weighted by atomic mass is 35.5. The summed E-state index contributed by atoms with van der Waals surface area (Å²) in [7, 11) is -2.31. The first-order valence-electron chi connectivity index (χ1n) is 7.97. The van der Waals surface area contributed by atoms with E-state index in [0.29, 0.717) is 4.34 Å². The molecule has 1 aromatic heterocycles. The maximum Gasteiger partial charge on any atom is 0.252 e. The average molecular weight is 399 g/mol. The molecule has 0 saturated heterocycles. The van der Waals surface area contributed by atoms with Gasteiger partial charge in [0.1, 0.15) is 4.21 Å². The molecule has 3 rings (SSSR count). The Morgan fingerprint density at radius 2 is 2.08 bits per heavy atom. The highest BCUT2D eigenvalue weighted by Crippen LogP contribution is 2.30. The Morgan fingerprint density at radius 1 is 1.32 bits per heavy atom. The highest BCUT2D eigenvalue weighted by Gasteiger charge is 2.27. The van der Waals surface area contributed by atoms with Gasteiger partial charge in [0.2, 0.25) is 5.91 Å². The molecule has 1 amide bonds. The Hall–Kier alpha value is -1.41. The van der Waals surface area contributed by atoms with Crippen molar-refractivity contribution in [2.24, 2.45) is 0 Å². The van der Waals surface area contributed by atoms with E-state index in [-0.39, 0.29) is 22.7 Å². The molecule has 5 nitrogen and oxygen atoms in total. The number of carbonyl (C=O) groups is 1. The number of benzene rings is 1. The third-order valence-electron chi connectivity index (χ3n) is 4.28. The molecule has 1 aliphatic carbocycles. The Balaban J connectivity index is 1.67. The van der Waals surface area contributed by atoms with Crippen LogP contribution in [0, 0.1) is 0 Å². The molecule has 0 bridgehead atoms. The molecular weight excluding hydrogens is 380 g/mol. The molecule has 8 heteroatoms. The summed E-state index contributed by atoms with van der Waals surface area (Å²) < 4.78 is 26.5. The van der Waals surface area contributed by atoms with Gasteiger partial charge in [-0.1, -0.05) is 35.9 Å². The first-order valence-corrected chi connectivity index (χ1v) is 10.6. The predicted molar refractivity (Wildman–Crippen MR) is 99.4 cm³/mol. The van der Waals surface area contributed by atoms with Gasteiger partial charge in [0.15, 0.2) is 0 Å². The number of sulfonamides is 1. The standard InChI is InChI=1S/C17H19ClN2O3S2/c1-20(25(22,23)17-10-9-15(18)24-17)11-16(21)19-14-8-4-6-12-5-2-3-7-13(12)14/h2-3,5,7,9-10,14H,4,6,8,11H2,1H3,(H,19,21)/t14-/m0/s1. The van der Waals surface area contributed by atoms with Crippen LogP contribution in [0.25, 0.3) is 0 Å². The van der Waals surface area contributed by atoms with Crippen molar-refractivity contribution in [3.8, 4) is 0 Å². The second-order valence-electron chi connectivity index (χ2n) is 6.03. The molecule has 134 valence electrons. The second kappa shape index (κ2) is 7.45. The molecule has 1 N–H and O–H groups in total. The van der Waals surface area contributed by atoms with Gasteiger partial charge in [0.05, 0.1) is 16.9 Å². The minimum absolute atomic E-state index is 0.0651. The number of nitrogens with zero attached hydrogens (tertiary/aromatic N) is 1. The van der Waals surface area contributed by atoms with Crippen molar-refractivity contribution in [3.63, 3.8) is 0 Å². The number of carbonyl (C=O) groups excluding carboxylic acids is 1. The summed E-state index contributed by atoms with van der Waals surface area (Å²) in [5.74, 6) is -0.310. The Morgan fingerprint density at radius 3 is 2.80 bits per heavy atom. The van der Waals surface area contributed by atoms with Crippen molar-refractivity contribution in [2.45, 2.75) is 29.5 Å². The van der Waals surface area contributed by atoms with Gasteiger partial charge in [-0.05, 0) is 42.5 Å². The average Bonchev–Trinajstić information content (AvgIpc) is 3.02. The molecule has 1 heterocycles. The Kier molecular flexibility index (Phi) is 5.48. The predicted octanol–water partition coefficient (Wildman–Crippen LogP) is 3.22. The van der Waals surface area contributed by atoms with Gasteiger partial charge >= 0.3 is 0 Å². The van der Waals surface area contributed by atoms with Crippen LogP contribution in [0.1, 0.15) is 30.0 Å². The third kappa shape index (κ3) is 4.06. The zero-order valence-corrected chi connectivity index (χ0v) is 16.1. The van der Waals surface area contributed by atoms with Crippen LogP contribution < -0.4 is 5.32 Å². The first kappa shape index (κ1) is 18.4. The van der Waals surface area contributed by atoms with E-state index in [1.165, 1.54) is 24.7 Å². The van der Waals surface area contributed by atoms with E-state index >= 15 is 0 Å². The summed E-state index contributed by atoms with van der Waals surface area (Å²) in [6.45, 7) is -0.226. The van der Waals surface area contributed by atoms with Gasteiger partial charge in [-0.25, -0.2) is 8.42 Å². The molecule has 0 aliphatic heterocycles. The summed E-state index contributed by atoms with van der Waals surface area (Å²) in [6.07, 6.45) is 2.87. The van der Waals surface area contributed by atoms with Gasteiger partial charge in [-0.15, -0.1) is 11.3 Å². The van der Waals surface area contributed by atoms with Crippen LogP contribution in [0.4, 0.5) is 0 Å². The molecule has 1 atom stereocenters. The SMILES string of the molecule is CN(CC(=O)N[C@H]1CCCc2ccccc21)S(=O)(=O)c1ccc(Cl)s1. The van der Waals surface area contributed by atoms with Gasteiger partial charge < -0.3 is 5.32 Å². The van der Waals surface area contributed by atoms with Gasteiger partial charge in [-0.3, -0.25) is 4.79 Å². The molecule has 0 unspecified atom stereocenters. The maximum absolute atomic E-state index is 12.5. The number of likely N-dealkylation sites (N-methyl/N-ethyl adjacent to an activating group) is 1. The van der Waals surface area contributed by atoms with Crippen LogP contribution in [0.5, 0.6) is 0 Å². The number of amides is 1. The molecule has 25 heavy (non-hydrogen) atoms. The van der Waals surface area contributed by atoms with Crippen molar-refractivity contribution in [2.75, 3.05) is 13.6 Å². The van der Waals surface area contributed by atoms with E-state index in [0.717, 1.165) is 40.5 Å². The summed E-state index contributed by atoms with van der Waals surface area (Å²) in [6, 6.07) is 11.0. The van der Waals surface area contributed by atoms with Gasteiger partial charge in [-0.2, -0.15) is 4.31 Å². The van der Waals surface area contributed by atoms with Crippen LogP contribution in [0.3, 0.4) is 0 Å². The molecule has 0 radical (unpaired) electrons. The lowest BCUT2D eigenvalue weighted by atomic mass is 9.88. The molecule has 0 saturated carbocycles. The van der Waals surface area contributed by atoms with Crippen LogP contribution in [-0.2, 0) is 21.2 Å². The van der Waals surface area contributed by atoms with Crippen molar-refractivity contribution in [1.29, 1.82) is 0 Å². The minimum atomic E-state index is -3.71. The Bertz CT molecular complexity index is 880. The zero-order valence-electron chi connectivity index (χ0n) is 13.7. The highest BCUT2D eigenvalue weighted by molar-refractivity contribution is 7.91. The second-order valence-corrected chi connectivity index (χ2v) is 10.0. The fourth-order valence-corrected chi connectivity index (χ4v) is 5.84. The number of thiophene rings is 1. The lowest BCUT2D eigenvalue weighted by Gasteiger charge is -2.27. The maximum atomic E-state index is 12.5. The van der Waals surface area contributed by atoms with Gasteiger partial charge in [0, 0.05) is 7.05 Å². The van der Waals surface area contributed by atoms with E-state index in [9.17, 15) is 13.2 Å². The number of aryl methyl sites for hydroxylation is 1. The largest absolute Gasteiger partial charge is 0.348 e. The first-order chi connectivity index (χ1) is 11.9. The zero-order chi connectivity index (χ0) is 18.0. The molecule has 1 aliphatic rings. The lowest BCUT2D eigenvalue weighted by Crippen LogP contribution is -2.40. The number of nitrogens with one attached hydrogen (secondary N) is 1. The molecular formula is C17H19ClN2O3S2. The van der Waals surface area contributed by atoms with Crippen molar-refractivity contribution in [1.82, 2.24) is 9.62 Å². The number of halogens is 1. The fraction of sp³-hybridized carbons (Fsp3) is 0.353. The topological polar surface area (TPSA) is 66.5 Å². The van der Waals surface area contributed by atoms with E-state index < -0.39 is 10.0 Å². The summed E-state index contributed by atoms with van der Waals surface area (Å²) >= 11 is 6.79. The van der Waals surface area contributed by atoms with E-state index in [4.69, 9.17) is 11.6 Å². The van der Waals surface area contributed by atoms with Gasteiger partial charge in [0.25, 0.3) is 10.0 Å². The Labute approximate surface area is 156 Å². The van der Waals surface area contributed by atoms with E-state index in [1.54, 1.807) is 0 Å². The van der Waals surface area contributed by atoms with Crippen molar-refractivity contribution in [3.05, 3.63) is 51.9 Å². The molecule has 1 aromatic carbocycles. The van der Waals surface area contributed by atoms with Crippen LogP contribution in [0.15, 0.2) is 40.6 Å². The smallest absolute Gasteiger partial charge is 0.252 e. The van der Waals surface area contributed by atoms with Crippen LogP contribution in [-0.4, -0.2) is 32.2 Å². The third-order valence-corrected chi connectivity index (χ3v) is 7.79. The lowest BCUT2D eigenvalue weighted by molar-refractivity contribution is -0.122. The molecule has 2 aromatic rings. The minimum Gasteiger partial charge on any atom is -0.348 e. The summed E-state index contributed by atoms with van der Waals surface area (Å²) in [4.78, 5) is 12.4. The van der Waals surface area contributed by atoms with E-state index in [1.807, 2.05) is 18.2 Å². The van der Waals surface area contributed by atoms with E-state index in [2.05, 4.69) is 11.4 Å². The number of rotatable bonds is 5. The number of fused-ring (bicyclic) bond motifs is 1. The fourth-order valence-electron chi connectivity index (χ4n) is 3.02. The number of hydrogen-bond acceptors (Lipinski definition) is 4. The van der Waals surface area contributed by atoms with Crippen LogP contribution >= 0.6 is 22.9 Å². The van der Waals surface area contributed by atoms with Crippen molar-refractivity contribution < 1.29 is 13.2 Å². The quantitative estimate of drug-likeness (QED) is 0.840. The molecule has 0 fully saturated rings. The monoisotopic (exact) mass is 398 g/mol. The van der Waals surface area contributed by atoms with Crippen LogP contribution in [0.2, 0.25) is 4.34 Å². The number of hydrogen-bond donors (Lipinski definition) is 1. The summed E-state index contributed by atoms with van der Waals surface area (Å²) in [5.41, 5.74) is 2.37. The summed E-state index contributed by atoms with van der Waals surface area (Å²) in [5, 5.41) is 2.97. The van der Waals surface area contributed by atoms with Crippen molar-refractivity contribution >= 4 is 38.9 Å².